The van der Waals surface area contributed by atoms with Gasteiger partial charge in [-0.15, -0.1) is 0 Å². The molecule has 2 atom stereocenters. The molecule has 0 bridgehead atoms. The van der Waals surface area contributed by atoms with Crippen LogP contribution < -0.4 is 36.4 Å². The number of anilines is 4. The minimum atomic E-state index is -0.596. The first-order valence-electron chi connectivity index (χ1n) is 24.3. The second-order valence-electron chi connectivity index (χ2n) is 19.2. The molecule has 8 rings (SSSR count). The third-order valence-corrected chi connectivity index (χ3v) is 12.5. The Kier molecular flexibility index (Phi) is 16.9. The summed E-state index contributed by atoms with van der Waals surface area (Å²) in [5, 5.41) is 18.7. The number of amides is 5. The number of nitrogens with one attached hydrogen (secondary N) is 5. The summed E-state index contributed by atoms with van der Waals surface area (Å²) in [6.07, 6.45) is 8.70. The number of rotatable bonds is 12. The van der Waals surface area contributed by atoms with Crippen LogP contribution >= 0.6 is 0 Å². The lowest BCUT2D eigenvalue weighted by Gasteiger charge is -2.36. The van der Waals surface area contributed by atoms with Crippen molar-refractivity contribution in [3.8, 4) is 0 Å². The Hall–Kier alpha value is -7.59. The van der Waals surface area contributed by atoms with E-state index in [0.717, 1.165) is 65.1 Å². The number of fused-ring (bicyclic) bond motifs is 2. The quantitative estimate of drug-likeness (QED) is 0.0791. The summed E-state index contributed by atoms with van der Waals surface area (Å²) in [5.41, 5.74) is 3.53. The second kappa shape index (κ2) is 23.3. The van der Waals surface area contributed by atoms with E-state index in [1.807, 2.05) is 125 Å². The van der Waals surface area contributed by atoms with E-state index in [2.05, 4.69) is 36.6 Å². The molecule has 2 unspecified atom stereocenters. The molecular weight excluding hydrogens is 897 g/mol. The molecule has 6 aromatic rings. The van der Waals surface area contributed by atoms with Gasteiger partial charge in [0.25, 0.3) is 23.6 Å². The highest BCUT2D eigenvalue weighted by Gasteiger charge is 2.31. The first kappa shape index (κ1) is 51.3. The zero-order valence-electron chi connectivity index (χ0n) is 41.8. The zero-order chi connectivity index (χ0) is 50.7. The average Bonchev–Trinajstić information content (AvgIpc) is 3.36. The Morgan fingerprint density at radius 3 is 1.58 bits per heavy atom. The summed E-state index contributed by atoms with van der Waals surface area (Å²) < 4.78 is 5.57. The van der Waals surface area contributed by atoms with Gasteiger partial charge in [-0.25, -0.2) is 14.8 Å². The number of nitrogens with zero attached hydrogens (tertiary/aromatic N) is 5. The summed E-state index contributed by atoms with van der Waals surface area (Å²) in [4.78, 5) is 79.5. The van der Waals surface area contributed by atoms with Gasteiger partial charge >= 0.3 is 6.09 Å². The number of hydrogen-bond donors (Lipinski definition) is 5. The number of piperidine rings is 2. The molecule has 2 aromatic heterocycles. The molecule has 0 saturated carbocycles. The lowest BCUT2D eigenvalue weighted by molar-refractivity contribution is 0.00982. The largest absolute Gasteiger partial charge is 0.444 e. The van der Waals surface area contributed by atoms with Crippen molar-refractivity contribution in [3.05, 3.63) is 132 Å². The molecule has 16 heteroatoms. The monoisotopic (exact) mass is 963 g/mol. The molecule has 4 aromatic carbocycles. The Labute approximate surface area is 415 Å². The van der Waals surface area contributed by atoms with Crippen LogP contribution in [0.1, 0.15) is 101 Å². The van der Waals surface area contributed by atoms with E-state index < -0.39 is 11.5 Å². The van der Waals surface area contributed by atoms with E-state index in [1.165, 1.54) is 19.0 Å². The fourth-order valence-electron chi connectivity index (χ4n) is 8.96. The molecular formula is C55H66N10O6. The first-order chi connectivity index (χ1) is 34.1. The summed E-state index contributed by atoms with van der Waals surface area (Å²) >= 11 is 0. The molecule has 2 aliphatic heterocycles. The van der Waals surface area contributed by atoms with Crippen LogP contribution in [0.15, 0.2) is 109 Å². The molecule has 2 aliphatic rings. The number of benzene rings is 4. The van der Waals surface area contributed by atoms with Crippen molar-refractivity contribution in [2.45, 2.75) is 77.0 Å². The summed E-state index contributed by atoms with van der Waals surface area (Å²) in [7, 11) is 7.87. The van der Waals surface area contributed by atoms with Gasteiger partial charge in [0.2, 0.25) is 0 Å². The molecule has 372 valence electrons. The average molecular weight is 963 g/mol. The Morgan fingerprint density at radius 2 is 1.10 bits per heavy atom. The number of hydrogen-bond acceptors (Lipinski definition) is 11. The highest BCUT2D eigenvalue weighted by atomic mass is 16.6. The minimum Gasteiger partial charge on any atom is -0.444 e. The van der Waals surface area contributed by atoms with Crippen molar-refractivity contribution in [2.75, 3.05) is 74.8 Å². The van der Waals surface area contributed by atoms with Crippen molar-refractivity contribution in [1.82, 2.24) is 30.8 Å². The molecule has 5 amide bonds. The van der Waals surface area contributed by atoms with Gasteiger partial charge < -0.3 is 46.0 Å². The minimum absolute atomic E-state index is 0.111. The molecule has 4 heterocycles. The smallest absolute Gasteiger partial charge is 0.410 e. The number of pyridine rings is 2. The van der Waals surface area contributed by atoms with Crippen LogP contribution in [0.25, 0.3) is 21.5 Å². The maximum Gasteiger partial charge on any atom is 0.410 e. The van der Waals surface area contributed by atoms with E-state index >= 15 is 0 Å². The Bertz CT molecular complexity index is 2870. The SMILES string of the molecule is CN(C)c1ccc(C(=O)Nc2cccnc2C(=O)NCC2CCCCN2)c2ccccc12.CN(C)c1ccc(C(=O)Nc2cccnc2C(=O)NCC2CCCCN2C(=O)OC(C)(C)C)c2ccccc12. The van der Waals surface area contributed by atoms with Crippen LogP contribution in [0.3, 0.4) is 0 Å². The highest BCUT2D eigenvalue weighted by molar-refractivity contribution is 6.17. The second-order valence-corrected chi connectivity index (χ2v) is 19.2. The lowest BCUT2D eigenvalue weighted by atomic mass is 10.0. The predicted octanol–water partition coefficient (Wildman–Crippen LogP) is 8.50. The van der Waals surface area contributed by atoms with Crippen LogP contribution in [-0.4, -0.2) is 117 Å². The van der Waals surface area contributed by atoms with Crippen LogP contribution in [0.5, 0.6) is 0 Å². The van der Waals surface area contributed by atoms with E-state index in [9.17, 15) is 24.0 Å². The lowest BCUT2D eigenvalue weighted by Crippen LogP contribution is -2.50. The van der Waals surface area contributed by atoms with E-state index in [0.29, 0.717) is 35.6 Å². The van der Waals surface area contributed by atoms with Crippen LogP contribution in [-0.2, 0) is 4.74 Å². The first-order valence-corrected chi connectivity index (χ1v) is 24.3. The molecule has 71 heavy (non-hydrogen) atoms. The number of carbonyl (C=O) groups excluding carboxylic acids is 5. The standard InChI is InChI=1S/C30H37N5O4.C25H29N5O2/c1-30(2,3)39-29(38)35-18-9-8-11-20(35)19-32-28(37)26-24(14-10-17-31-26)33-27(36)23-15-16-25(34(4)5)22-13-7-6-12-21(22)23;1-30(2)22-13-12-20(18-9-3-4-10-19(18)22)24(31)29-21-11-7-15-27-23(21)25(32)28-16-17-8-5-6-14-26-17/h6-7,10,12-17,20H,8-9,11,18-19H2,1-5H3,(H,32,37)(H,33,36);3-4,7,9-13,15,17,26H,5-6,8,14,16H2,1-2H3,(H,28,32)(H,29,31). The van der Waals surface area contributed by atoms with E-state index in [1.54, 1.807) is 41.4 Å². The Balaban J connectivity index is 0.000000213. The molecule has 2 fully saturated rings. The van der Waals surface area contributed by atoms with E-state index in [4.69, 9.17) is 4.74 Å². The molecule has 0 radical (unpaired) electrons. The number of carbonyl (C=O) groups is 5. The van der Waals surface area contributed by atoms with Gasteiger partial charge in [0.15, 0.2) is 11.4 Å². The molecule has 0 spiro atoms. The van der Waals surface area contributed by atoms with Gasteiger partial charge in [-0.05, 0) is 119 Å². The zero-order valence-corrected chi connectivity index (χ0v) is 41.8. The van der Waals surface area contributed by atoms with Crippen molar-refractivity contribution < 1.29 is 28.7 Å². The summed E-state index contributed by atoms with van der Waals surface area (Å²) in [6, 6.07) is 29.8. The third-order valence-electron chi connectivity index (χ3n) is 12.5. The van der Waals surface area contributed by atoms with Gasteiger partial charge in [-0.2, -0.15) is 0 Å². The number of ether oxygens (including phenoxy) is 1. The van der Waals surface area contributed by atoms with Gasteiger partial charge in [-0.1, -0.05) is 55.0 Å². The van der Waals surface area contributed by atoms with Crippen molar-refractivity contribution in [1.29, 1.82) is 0 Å². The Morgan fingerprint density at radius 1 is 0.606 bits per heavy atom. The van der Waals surface area contributed by atoms with Crippen molar-refractivity contribution in [2.24, 2.45) is 0 Å². The maximum absolute atomic E-state index is 13.4. The van der Waals surface area contributed by atoms with Crippen LogP contribution in [0.4, 0.5) is 27.5 Å². The summed E-state index contributed by atoms with van der Waals surface area (Å²) in [5.74, 6) is -1.32. The van der Waals surface area contributed by atoms with Gasteiger partial charge in [0.05, 0.1) is 17.4 Å². The fraction of sp³-hybridized carbons (Fsp3) is 0.364. The maximum atomic E-state index is 13.4. The van der Waals surface area contributed by atoms with Crippen molar-refractivity contribution >= 4 is 74.0 Å². The van der Waals surface area contributed by atoms with E-state index in [-0.39, 0.29) is 53.8 Å². The summed E-state index contributed by atoms with van der Waals surface area (Å²) in [6.45, 7) is 7.87. The highest BCUT2D eigenvalue weighted by Crippen LogP contribution is 2.31. The van der Waals surface area contributed by atoms with Gasteiger partial charge in [-0.3, -0.25) is 19.2 Å². The number of aromatic nitrogens is 2. The molecule has 0 aliphatic carbocycles. The van der Waals surface area contributed by atoms with Gasteiger partial charge in [0, 0.05) is 99.5 Å². The molecule has 5 N–H and O–H groups in total. The topological polar surface area (TPSA) is 190 Å². The predicted molar refractivity (Wildman–Crippen MR) is 282 cm³/mol. The third kappa shape index (κ3) is 13.0. The normalized spacial score (nSPS) is 15.7. The fourth-order valence-corrected chi connectivity index (χ4v) is 8.96. The van der Waals surface area contributed by atoms with Crippen molar-refractivity contribution in [3.63, 3.8) is 0 Å². The van der Waals surface area contributed by atoms with Crippen LogP contribution in [0.2, 0.25) is 0 Å². The van der Waals surface area contributed by atoms with Crippen LogP contribution in [0, 0.1) is 0 Å². The molecule has 16 nitrogen and oxygen atoms in total. The van der Waals surface area contributed by atoms with Gasteiger partial charge in [0.1, 0.15) is 5.60 Å². The number of likely N-dealkylation sites (tertiary alicyclic amines) is 1. The molecule has 2 saturated heterocycles.